The fourth-order valence-corrected chi connectivity index (χ4v) is 2.47. The van der Waals surface area contributed by atoms with Crippen LogP contribution in [0.3, 0.4) is 0 Å². The summed E-state index contributed by atoms with van der Waals surface area (Å²) >= 11 is 1.23. The van der Waals surface area contributed by atoms with Crippen LogP contribution in [0.15, 0.2) is 0 Å². The van der Waals surface area contributed by atoms with Crippen molar-refractivity contribution in [3.8, 4) is 0 Å². The molecule has 3 heteroatoms. The second kappa shape index (κ2) is 7.91. The van der Waals surface area contributed by atoms with Crippen molar-refractivity contribution in [1.29, 1.82) is 0 Å². The van der Waals surface area contributed by atoms with E-state index in [0.717, 1.165) is 19.3 Å². The molecule has 0 N–H and O–H groups in total. The first kappa shape index (κ1) is 14.7. The predicted molar refractivity (Wildman–Crippen MR) is 66.0 cm³/mol. The molecule has 0 aromatic rings. The van der Waals surface area contributed by atoms with Gasteiger partial charge in [-0.05, 0) is 19.3 Å². The van der Waals surface area contributed by atoms with Crippen molar-refractivity contribution < 1.29 is 9.59 Å². The molecular weight excluding hydrogens is 208 g/mol. The monoisotopic (exact) mass is 230 g/mol. The van der Waals surface area contributed by atoms with E-state index in [0.29, 0.717) is 12.3 Å². The van der Waals surface area contributed by atoms with E-state index in [-0.39, 0.29) is 16.1 Å². The molecule has 2 nitrogen and oxygen atoms in total. The predicted octanol–water partition coefficient (Wildman–Crippen LogP) is 3.44. The zero-order valence-electron chi connectivity index (χ0n) is 10.2. The number of unbranched alkanes of at least 4 members (excludes halogenated alkanes) is 1. The highest BCUT2D eigenvalue weighted by Crippen LogP contribution is 2.22. The molecule has 0 aliphatic rings. The smallest absolute Gasteiger partial charge is 0.189 e. The molecule has 1 unspecified atom stereocenters. The van der Waals surface area contributed by atoms with E-state index < -0.39 is 0 Å². The fraction of sp³-hybridized carbons (Fsp3) is 0.833. The van der Waals surface area contributed by atoms with Crippen molar-refractivity contribution >= 4 is 22.7 Å². The minimum Gasteiger partial charge on any atom is -0.299 e. The van der Waals surface area contributed by atoms with Gasteiger partial charge in [0.05, 0.1) is 5.25 Å². The third kappa shape index (κ3) is 7.60. The second-order valence-corrected chi connectivity index (χ2v) is 5.59. The van der Waals surface area contributed by atoms with Gasteiger partial charge in [0.15, 0.2) is 5.12 Å². The number of ketones is 1. The first-order chi connectivity index (χ1) is 6.97. The lowest BCUT2D eigenvalue weighted by molar-refractivity contribution is -0.117. The van der Waals surface area contributed by atoms with E-state index in [4.69, 9.17) is 0 Å². The Kier molecular flexibility index (Phi) is 7.75. The molecule has 0 fully saturated rings. The molecule has 15 heavy (non-hydrogen) atoms. The van der Waals surface area contributed by atoms with Crippen LogP contribution in [-0.2, 0) is 9.59 Å². The molecule has 0 amide bonds. The Balaban J connectivity index is 4.04. The maximum absolute atomic E-state index is 11.5. The van der Waals surface area contributed by atoms with Crippen LogP contribution in [0.5, 0.6) is 0 Å². The number of hydrogen-bond donors (Lipinski definition) is 0. The molecule has 1 atom stereocenters. The summed E-state index contributed by atoms with van der Waals surface area (Å²) in [6.07, 6.45) is 3.50. The minimum absolute atomic E-state index is 0.115. The normalized spacial score (nSPS) is 12.9. The molecular formula is C12H22O2S. The molecule has 0 bridgehead atoms. The Morgan fingerprint density at radius 1 is 1.27 bits per heavy atom. The molecule has 0 saturated carbocycles. The zero-order valence-corrected chi connectivity index (χ0v) is 11.0. The zero-order chi connectivity index (χ0) is 11.8. The van der Waals surface area contributed by atoms with Crippen molar-refractivity contribution in [2.24, 2.45) is 5.92 Å². The summed E-state index contributed by atoms with van der Waals surface area (Å²) in [4.78, 5) is 22.8. The van der Waals surface area contributed by atoms with Gasteiger partial charge >= 0.3 is 0 Å². The molecule has 0 aromatic heterocycles. The largest absolute Gasteiger partial charge is 0.299 e. The second-order valence-electron chi connectivity index (χ2n) is 4.33. The van der Waals surface area contributed by atoms with Crippen molar-refractivity contribution in [2.75, 3.05) is 0 Å². The molecule has 0 spiro atoms. The highest BCUT2D eigenvalue weighted by atomic mass is 32.2. The van der Waals surface area contributed by atoms with Crippen LogP contribution in [0.1, 0.15) is 53.4 Å². The van der Waals surface area contributed by atoms with Gasteiger partial charge < -0.3 is 0 Å². The molecule has 0 aliphatic heterocycles. The van der Waals surface area contributed by atoms with E-state index in [9.17, 15) is 9.59 Å². The van der Waals surface area contributed by atoms with Crippen LogP contribution in [0.4, 0.5) is 0 Å². The van der Waals surface area contributed by atoms with Crippen molar-refractivity contribution in [2.45, 2.75) is 58.6 Å². The maximum atomic E-state index is 11.5. The summed E-state index contributed by atoms with van der Waals surface area (Å²) in [6, 6.07) is 0. The Morgan fingerprint density at radius 3 is 2.27 bits per heavy atom. The average molecular weight is 230 g/mol. The van der Waals surface area contributed by atoms with E-state index in [1.165, 1.54) is 11.8 Å². The van der Waals surface area contributed by atoms with Crippen LogP contribution in [0, 0.1) is 5.92 Å². The summed E-state index contributed by atoms with van der Waals surface area (Å²) in [6.45, 7) is 7.72. The summed E-state index contributed by atoms with van der Waals surface area (Å²) < 4.78 is 0. The number of thioether (sulfide) groups is 1. The van der Waals surface area contributed by atoms with Gasteiger partial charge in [0, 0.05) is 6.42 Å². The minimum atomic E-state index is -0.115. The van der Waals surface area contributed by atoms with E-state index >= 15 is 0 Å². The quantitative estimate of drug-likeness (QED) is 0.672. The summed E-state index contributed by atoms with van der Waals surface area (Å²) in [5, 5.41) is 0.0394. The van der Waals surface area contributed by atoms with Crippen LogP contribution in [0.25, 0.3) is 0 Å². The topological polar surface area (TPSA) is 34.1 Å². The average Bonchev–Trinajstić information content (AvgIpc) is 2.10. The van der Waals surface area contributed by atoms with E-state index in [1.54, 1.807) is 6.92 Å². The Morgan fingerprint density at radius 2 is 1.87 bits per heavy atom. The van der Waals surface area contributed by atoms with Gasteiger partial charge in [-0.25, -0.2) is 0 Å². The Bertz CT molecular complexity index is 212. The number of carbonyl (C=O) groups excluding carboxylic acids is 2. The van der Waals surface area contributed by atoms with Crippen molar-refractivity contribution in [3.63, 3.8) is 0 Å². The standard InChI is InChI=1S/C12H22O2S/c1-5-6-7-11(10(4)13)15-12(14)8-9(2)3/h9,11H,5-8H2,1-4H3. The van der Waals surface area contributed by atoms with Gasteiger partial charge in [-0.2, -0.15) is 0 Å². The highest BCUT2D eigenvalue weighted by Gasteiger charge is 2.18. The maximum Gasteiger partial charge on any atom is 0.189 e. The number of Topliss-reactive ketones (excluding diaryl/α,β-unsaturated/α-hetero) is 1. The number of carbonyl (C=O) groups is 2. The molecule has 0 heterocycles. The van der Waals surface area contributed by atoms with Gasteiger partial charge in [-0.3, -0.25) is 9.59 Å². The first-order valence-electron chi connectivity index (χ1n) is 5.67. The van der Waals surface area contributed by atoms with Crippen LogP contribution >= 0.6 is 11.8 Å². The summed E-state index contributed by atoms with van der Waals surface area (Å²) in [5.74, 6) is 0.509. The Labute approximate surface area is 97.2 Å². The lowest BCUT2D eigenvalue weighted by Crippen LogP contribution is -2.16. The lowest BCUT2D eigenvalue weighted by Gasteiger charge is -2.12. The Hall–Kier alpha value is -0.310. The van der Waals surface area contributed by atoms with Crippen molar-refractivity contribution in [3.05, 3.63) is 0 Å². The van der Waals surface area contributed by atoms with Crippen LogP contribution < -0.4 is 0 Å². The molecule has 0 saturated heterocycles. The van der Waals surface area contributed by atoms with Crippen LogP contribution in [-0.4, -0.2) is 16.1 Å². The first-order valence-corrected chi connectivity index (χ1v) is 6.55. The summed E-state index contributed by atoms with van der Waals surface area (Å²) in [5.41, 5.74) is 0. The van der Waals surface area contributed by atoms with Gasteiger partial charge in [0.2, 0.25) is 0 Å². The van der Waals surface area contributed by atoms with E-state index in [1.807, 2.05) is 13.8 Å². The fourth-order valence-electron chi connectivity index (χ4n) is 1.27. The van der Waals surface area contributed by atoms with Gasteiger partial charge in [-0.1, -0.05) is 45.4 Å². The third-order valence-electron chi connectivity index (χ3n) is 2.12. The molecule has 0 rings (SSSR count). The number of hydrogen-bond acceptors (Lipinski definition) is 3. The molecule has 0 aromatic carbocycles. The SMILES string of the molecule is CCCCC(SC(=O)CC(C)C)C(C)=O. The lowest BCUT2D eigenvalue weighted by atomic mass is 10.1. The van der Waals surface area contributed by atoms with E-state index in [2.05, 4.69) is 6.92 Å². The summed E-state index contributed by atoms with van der Waals surface area (Å²) in [7, 11) is 0. The molecule has 88 valence electrons. The molecule has 0 aliphatic carbocycles. The molecule has 0 radical (unpaired) electrons. The number of rotatable bonds is 7. The third-order valence-corrected chi connectivity index (χ3v) is 3.40. The van der Waals surface area contributed by atoms with Gasteiger partial charge in [0.25, 0.3) is 0 Å². The van der Waals surface area contributed by atoms with Gasteiger partial charge in [0.1, 0.15) is 5.78 Å². The van der Waals surface area contributed by atoms with Crippen molar-refractivity contribution in [1.82, 2.24) is 0 Å². The van der Waals surface area contributed by atoms with Gasteiger partial charge in [-0.15, -0.1) is 0 Å². The van der Waals surface area contributed by atoms with Crippen LogP contribution in [0.2, 0.25) is 0 Å². The highest BCUT2D eigenvalue weighted by molar-refractivity contribution is 8.14.